The Balaban J connectivity index is 2.31. The number of ether oxygens (including phenoxy) is 3. The van der Waals surface area contributed by atoms with Crippen molar-refractivity contribution in [1.29, 1.82) is 0 Å². The average Bonchev–Trinajstić information content (AvgIpc) is 3.01. The van der Waals surface area contributed by atoms with Gasteiger partial charge in [0.1, 0.15) is 0 Å². The van der Waals surface area contributed by atoms with Crippen molar-refractivity contribution in [2.24, 2.45) is 5.92 Å². The number of para-hydroxylation sites is 1. The third-order valence-corrected chi connectivity index (χ3v) is 3.82. The summed E-state index contributed by atoms with van der Waals surface area (Å²) in [5.41, 5.74) is 1.16. The van der Waals surface area contributed by atoms with Crippen LogP contribution in [-0.4, -0.2) is 34.0 Å². The highest BCUT2D eigenvalue weighted by Crippen LogP contribution is 2.39. The van der Waals surface area contributed by atoms with Gasteiger partial charge in [-0.05, 0) is 25.5 Å². The molecule has 0 aromatic heterocycles. The quantitative estimate of drug-likeness (QED) is 0.833. The highest BCUT2D eigenvalue weighted by molar-refractivity contribution is 5.48. The Kier molecular flexibility index (Phi) is 5.68. The Labute approximate surface area is 121 Å². The van der Waals surface area contributed by atoms with E-state index in [1.54, 1.807) is 14.2 Å². The first-order chi connectivity index (χ1) is 9.81. The van der Waals surface area contributed by atoms with Crippen LogP contribution in [0, 0.1) is 5.92 Å². The minimum Gasteiger partial charge on any atom is -0.493 e. The van der Waals surface area contributed by atoms with Gasteiger partial charge in [-0.3, -0.25) is 0 Å². The van der Waals surface area contributed by atoms with Crippen LogP contribution in [0.2, 0.25) is 0 Å². The average molecular weight is 279 g/mol. The van der Waals surface area contributed by atoms with Crippen molar-refractivity contribution in [2.45, 2.75) is 25.8 Å². The van der Waals surface area contributed by atoms with Crippen LogP contribution >= 0.6 is 0 Å². The third-order valence-electron chi connectivity index (χ3n) is 3.82. The van der Waals surface area contributed by atoms with Gasteiger partial charge in [-0.25, -0.2) is 0 Å². The Hall–Kier alpha value is -1.26. The highest BCUT2D eigenvalue weighted by Gasteiger charge is 2.29. The lowest BCUT2D eigenvalue weighted by molar-refractivity contribution is 0.176. The molecule has 1 fully saturated rings. The zero-order chi connectivity index (χ0) is 14.4. The first-order valence-corrected chi connectivity index (χ1v) is 7.33. The molecule has 2 atom stereocenters. The molecule has 1 aromatic carbocycles. The van der Waals surface area contributed by atoms with Gasteiger partial charge >= 0.3 is 0 Å². The van der Waals surface area contributed by atoms with E-state index in [9.17, 15) is 0 Å². The second kappa shape index (κ2) is 7.50. The minimum atomic E-state index is 0.252. The maximum absolute atomic E-state index is 5.58. The van der Waals surface area contributed by atoms with Crippen LogP contribution in [0.15, 0.2) is 18.2 Å². The van der Waals surface area contributed by atoms with E-state index in [1.165, 1.54) is 0 Å². The van der Waals surface area contributed by atoms with Crippen molar-refractivity contribution in [3.05, 3.63) is 23.8 Å². The smallest absolute Gasteiger partial charge is 0.165 e. The number of benzene rings is 1. The van der Waals surface area contributed by atoms with Crippen molar-refractivity contribution in [1.82, 2.24) is 5.32 Å². The summed E-state index contributed by atoms with van der Waals surface area (Å²) in [4.78, 5) is 0. The van der Waals surface area contributed by atoms with Gasteiger partial charge in [0.05, 0.1) is 20.8 Å². The number of methoxy groups -OCH3 is 2. The fraction of sp³-hybridized carbons (Fsp3) is 0.625. The number of nitrogens with one attached hydrogen (secondary N) is 1. The summed E-state index contributed by atoms with van der Waals surface area (Å²) in [5.74, 6) is 2.10. The highest BCUT2D eigenvalue weighted by atomic mass is 16.5. The largest absolute Gasteiger partial charge is 0.493 e. The summed E-state index contributed by atoms with van der Waals surface area (Å²) in [5, 5.41) is 3.64. The van der Waals surface area contributed by atoms with Gasteiger partial charge in [0.2, 0.25) is 0 Å². The van der Waals surface area contributed by atoms with E-state index in [4.69, 9.17) is 14.2 Å². The van der Waals surface area contributed by atoms with Crippen LogP contribution in [0.5, 0.6) is 11.5 Å². The third kappa shape index (κ3) is 3.25. The monoisotopic (exact) mass is 279 g/mol. The Bertz CT molecular complexity index is 416. The maximum atomic E-state index is 5.58. The van der Waals surface area contributed by atoms with Crippen LogP contribution in [-0.2, 0) is 4.74 Å². The van der Waals surface area contributed by atoms with Gasteiger partial charge in [0, 0.05) is 24.1 Å². The van der Waals surface area contributed by atoms with E-state index >= 15 is 0 Å². The van der Waals surface area contributed by atoms with Crippen molar-refractivity contribution in [3.8, 4) is 11.5 Å². The van der Waals surface area contributed by atoms with Crippen molar-refractivity contribution >= 4 is 0 Å². The molecule has 112 valence electrons. The topological polar surface area (TPSA) is 39.7 Å². The van der Waals surface area contributed by atoms with Gasteiger partial charge in [0.25, 0.3) is 0 Å². The molecule has 0 aliphatic carbocycles. The Morgan fingerprint density at radius 2 is 2.20 bits per heavy atom. The summed E-state index contributed by atoms with van der Waals surface area (Å²) in [6.07, 6.45) is 2.19. The molecule has 0 spiro atoms. The van der Waals surface area contributed by atoms with Crippen molar-refractivity contribution in [3.63, 3.8) is 0 Å². The first kappa shape index (κ1) is 15.1. The van der Waals surface area contributed by atoms with Crippen molar-refractivity contribution in [2.75, 3.05) is 34.0 Å². The first-order valence-electron chi connectivity index (χ1n) is 7.33. The summed E-state index contributed by atoms with van der Waals surface area (Å²) >= 11 is 0. The summed E-state index contributed by atoms with van der Waals surface area (Å²) < 4.78 is 16.5. The Morgan fingerprint density at radius 3 is 2.80 bits per heavy atom. The van der Waals surface area contributed by atoms with Gasteiger partial charge in [0.15, 0.2) is 11.5 Å². The Morgan fingerprint density at radius 1 is 1.35 bits per heavy atom. The molecule has 0 radical (unpaired) electrons. The van der Waals surface area contributed by atoms with Crippen molar-refractivity contribution < 1.29 is 14.2 Å². The van der Waals surface area contributed by atoms with E-state index in [0.29, 0.717) is 5.92 Å². The summed E-state index contributed by atoms with van der Waals surface area (Å²) in [6.45, 7) is 4.82. The van der Waals surface area contributed by atoms with E-state index in [1.807, 2.05) is 12.1 Å². The van der Waals surface area contributed by atoms with E-state index < -0.39 is 0 Å². The minimum absolute atomic E-state index is 0.252. The zero-order valence-corrected chi connectivity index (χ0v) is 12.6. The summed E-state index contributed by atoms with van der Waals surface area (Å²) in [7, 11) is 3.37. The van der Waals surface area contributed by atoms with E-state index in [2.05, 4.69) is 18.3 Å². The van der Waals surface area contributed by atoms with Crippen LogP contribution in [0.3, 0.4) is 0 Å². The van der Waals surface area contributed by atoms with E-state index in [-0.39, 0.29) is 6.04 Å². The lowest BCUT2D eigenvalue weighted by atomic mass is 9.91. The molecule has 2 rings (SSSR count). The van der Waals surface area contributed by atoms with Gasteiger partial charge in [-0.1, -0.05) is 19.1 Å². The van der Waals surface area contributed by atoms with Gasteiger partial charge in [-0.15, -0.1) is 0 Å². The SMILES string of the molecule is CCCNC(c1cccc(OC)c1OC)C1CCOC1. The second-order valence-electron chi connectivity index (χ2n) is 5.14. The molecule has 4 nitrogen and oxygen atoms in total. The predicted molar refractivity (Wildman–Crippen MR) is 79.5 cm³/mol. The number of hydrogen-bond donors (Lipinski definition) is 1. The predicted octanol–water partition coefficient (Wildman–Crippen LogP) is 2.78. The molecule has 1 heterocycles. The molecule has 4 heteroatoms. The maximum Gasteiger partial charge on any atom is 0.165 e. The molecule has 0 saturated carbocycles. The number of rotatable bonds is 7. The molecule has 1 aliphatic heterocycles. The van der Waals surface area contributed by atoms with Crippen LogP contribution in [0.4, 0.5) is 0 Å². The standard InChI is InChI=1S/C16H25NO3/c1-4-9-17-15(12-8-10-20-11-12)13-6-5-7-14(18-2)16(13)19-3/h5-7,12,15,17H,4,8-11H2,1-3H3. The molecule has 20 heavy (non-hydrogen) atoms. The molecule has 1 N–H and O–H groups in total. The van der Waals surface area contributed by atoms with Gasteiger partial charge in [-0.2, -0.15) is 0 Å². The molecule has 0 amide bonds. The van der Waals surface area contributed by atoms with Gasteiger partial charge < -0.3 is 19.5 Å². The fourth-order valence-electron chi connectivity index (χ4n) is 2.80. The zero-order valence-electron chi connectivity index (χ0n) is 12.6. The lowest BCUT2D eigenvalue weighted by Gasteiger charge is -2.26. The van der Waals surface area contributed by atoms with E-state index in [0.717, 1.165) is 49.7 Å². The second-order valence-corrected chi connectivity index (χ2v) is 5.14. The van der Waals surface area contributed by atoms with Crippen LogP contribution in [0.25, 0.3) is 0 Å². The summed E-state index contributed by atoms with van der Waals surface area (Å²) in [6, 6.07) is 6.33. The normalized spacial score (nSPS) is 19.9. The molecule has 1 aliphatic rings. The van der Waals surface area contributed by atoms with Crippen LogP contribution < -0.4 is 14.8 Å². The molecule has 1 saturated heterocycles. The lowest BCUT2D eigenvalue weighted by Crippen LogP contribution is -2.29. The molecular weight excluding hydrogens is 254 g/mol. The molecular formula is C16H25NO3. The molecule has 2 unspecified atom stereocenters. The fourth-order valence-corrected chi connectivity index (χ4v) is 2.80. The number of hydrogen-bond acceptors (Lipinski definition) is 4. The molecule has 1 aromatic rings. The van der Waals surface area contributed by atoms with Crippen LogP contribution in [0.1, 0.15) is 31.4 Å². The molecule has 0 bridgehead atoms.